The number of piperidine rings is 1. The van der Waals surface area contributed by atoms with E-state index < -0.39 is 12.1 Å². The lowest BCUT2D eigenvalue weighted by Gasteiger charge is -2.28. The van der Waals surface area contributed by atoms with Crippen LogP contribution in [-0.2, 0) is 0 Å². The minimum atomic E-state index is -0.792. The van der Waals surface area contributed by atoms with Crippen molar-refractivity contribution in [3.05, 3.63) is 11.1 Å². The molecule has 1 aliphatic heterocycles. The zero-order valence-corrected chi connectivity index (χ0v) is 8.97. The van der Waals surface area contributed by atoms with Crippen LogP contribution in [0, 0.1) is 0 Å². The first kappa shape index (κ1) is 10.4. The molecular weight excluding hydrogens is 217 g/mol. The molecule has 0 saturated carbocycles. The number of hydrogen-bond donors (Lipinski definition) is 1. The molecule has 0 aliphatic carbocycles. The van der Waals surface area contributed by atoms with E-state index in [-0.39, 0.29) is 5.69 Å². The van der Waals surface area contributed by atoms with E-state index in [1.54, 1.807) is 5.38 Å². The number of nitrogens with zero attached hydrogens (tertiary/aromatic N) is 2. The van der Waals surface area contributed by atoms with Gasteiger partial charge in [0.05, 0.1) is 6.54 Å². The highest BCUT2D eigenvalue weighted by atomic mass is 32.1. The lowest BCUT2D eigenvalue weighted by atomic mass is 10.1. The minimum Gasteiger partial charge on any atom is -0.364 e. The van der Waals surface area contributed by atoms with Crippen LogP contribution in [0.3, 0.4) is 0 Å². The van der Waals surface area contributed by atoms with Crippen LogP contribution < -0.4 is 10.6 Å². The number of amides is 1. The number of carbonyl (C=O) groups excluding carboxylic acids is 1. The smallest absolute Gasteiger partial charge is 0.268 e. The van der Waals surface area contributed by atoms with E-state index in [0.717, 1.165) is 13.0 Å². The Balaban J connectivity index is 2.11. The van der Waals surface area contributed by atoms with E-state index in [2.05, 4.69) is 4.98 Å². The quantitative estimate of drug-likeness (QED) is 0.828. The molecule has 82 valence electrons. The Labute approximate surface area is 90.9 Å². The molecule has 2 heterocycles. The van der Waals surface area contributed by atoms with E-state index in [1.165, 1.54) is 11.3 Å². The van der Waals surface area contributed by atoms with Gasteiger partial charge in [-0.2, -0.15) is 0 Å². The number of anilines is 1. The van der Waals surface area contributed by atoms with Gasteiger partial charge in [0, 0.05) is 11.9 Å². The van der Waals surface area contributed by atoms with Crippen molar-refractivity contribution in [3.63, 3.8) is 0 Å². The van der Waals surface area contributed by atoms with Gasteiger partial charge in [0.1, 0.15) is 11.9 Å². The standard InChI is InChI=1S/C9H12FN3OS/c10-6-2-1-3-13(4-6)9-12-7(5-15-9)8(11)14/h5-6H,1-4H2,(H2,11,14). The second-order valence-corrected chi connectivity index (χ2v) is 4.40. The summed E-state index contributed by atoms with van der Waals surface area (Å²) in [7, 11) is 0. The summed E-state index contributed by atoms with van der Waals surface area (Å²) in [5.41, 5.74) is 5.36. The Hall–Kier alpha value is -1.17. The van der Waals surface area contributed by atoms with Gasteiger partial charge in [-0.3, -0.25) is 4.79 Å². The fourth-order valence-electron chi connectivity index (χ4n) is 1.62. The monoisotopic (exact) mass is 229 g/mol. The fourth-order valence-corrected chi connectivity index (χ4v) is 2.47. The SMILES string of the molecule is NC(=O)c1csc(N2CCCC(F)C2)n1. The molecule has 0 aromatic carbocycles. The molecule has 1 unspecified atom stereocenters. The zero-order valence-electron chi connectivity index (χ0n) is 8.15. The van der Waals surface area contributed by atoms with Crippen LogP contribution in [0.1, 0.15) is 23.3 Å². The molecule has 0 spiro atoms. The first-order valence-corrected chi connectivity index (χ1v) is 5.69. The van der Waals surface area contributed by atoms with Crippen molar-refractivity contribution in [2.24, 2.45) is 5.73 Å². The summed E-state index contributed by atoms with van der Waals surface area (Å²) in [4.78, 5) is 16.8. The Bertz CT molecular complexity index is 368. The van der Waals surface area contributed by atoms with Crippen molar-refractivity contribution in [3.8, 4) is 0 Å². The predicted octanol–water partition coefficient (Wildman–Crippen LogP) is 1.18. The minimum absolute atomic E-state index is 0.260. The molecule has 0 radical (unpaired) electrons. The second-order valence-electron chi connectivity index (χ2n) is 3.57. The van der Waals surface area contributed by atoms with Gasteiger partial charge in [0.15, 0.2) is 5.13 Å². The second kappa shape index (κ2) is 4.14. The van der Waals surface area contributed by atoms with E-state index in [1.807, 2.05) is 4.90 Å². The fraction of sp³-hybridized carbons (Fsp3) is 0.556. The maximum atomic E-state index is 13.1. The molecule has 15 heavy (non-hydrogen) atoms. The van der Waals surface area contributed by atoms with E-state index in [0.29, 0.717) is 18.1 Å². The van der Waals surface area contributed by atoms with Crippen molar-refractivity contribution < 1.29 is 9.18 Å². The molecule has 6 heteroatoms. The molecule has 1 aromatic rings. The van der Waals surface area contributed by atoms with Crippen LogP contribution in [0.5, 0.6) is 0 Å². The van der Waals surface area contributed by atoms with Gasteiger partial charge >= 0.3 is 0 Å². The largest absolute Gasteiger partial charge is 0.364 e. The van der Waals surface area contributed by atoms with Gasteiger partial charge in [-0.05, 0) is 12.8 Å². The van der Waals surface area contributed by atoms with Crippen LogP contribution in [0.25, 0.3) is 0 Å². The topological polar surface area (TPSA) is 59.2 Å². The van der Waals surface area contributed by atoms with E-state index >= 15 is 0 Å². The molecule has 1 aromatic heterocycles. The normalized spacial score (nSPS) is 21.7. The van der Waals surface area contributed by atoms with E-state index in [9.17, 15) is 9.18 Å². The molecule has 4 nitrogen and oxygen atoms in total. The molecule has 2 N–H and O–H groups in total. The average Bonchev–Trinajstić information content (AvgIpc) is 2.66. The number of hydrogen-bond acceptors (Lipinski definition) is 4. The van der Waals surface area contributed by atoms with Crippen LogP contribution in [0.15, 0.2) is 5.38 Å². The summed E-state index contributed by atoms with van der Waals surface area (Å²) in [5.74, 6) is -0.536. The number of rotatable bonds is 2. The Kier molecular flexibility index (Phi) is 2.86. The summed E-state index contributed by atoms with van der Waals surface area (Å²) in [6, 6.07) is 0. The first-order chi connectivity index (χ1) is 7.16. The Morgan fingerprint density at radius 1 is 1.73 bits per heavy atom. The molecular formula is C9H12FN3OS. The first-order valence-electron chi connectivity index (χ1n) is 4.81. The van der Waals surface area contributed by atoms with Gasteiger partial charge in [0.2, 0.25) is 0 Å². The molecule has 1 saturated heterocycles. The van der Waals surface area contributed by atoms with Gasteiger partial charge in [-0.15, -0.1) is 11.3 Å². The molecule has 2 rings (SSSR count). The van der Waals surface area contributed by atoms with E-state index in [4.69, 9.17) is 5.73 Å². The van der Waals surface area contributed by atoms with Gasteiger partial charge in [-0.1, -0.05) is 0 Å². The third kappa shape index (κ3) is 2.26. The van der Waals surface area contributed by atoms with Gasteiger partial charge in [0.25, 0.3) is 5.91 Å². The zero-order chi connectivity index (χ0) is 10.8. The lowest BCUT2D eigenvalue weighted by Crippen LogP contribution is -2.36. The number of nitrogens with two attached hydrogens (primary N) is 1. The molecule has 1 atom stereocenters. The molecule has 0 bridgehead atoms. The van der Waals surface area contributed by atoms with Gasteiger partial charge in [-0.25, -0.2) is 9.37 Å². The molecule has 1 fully saturated rings. The molecule has 1 amide bonds. The summed E-state index contributed by atoms with van der Waals surface area (Å²) in [5, 5.41) is 2.30. The van der Waals surface area contributed by atoms with Crippen LogP contribution in [0.4, 0.5) is 9.52 Å². The third-order valence-electron chi connectivity index (χ3n) is 2.38. The van der Waals surface area contributed by atoms with Crippen molar-refractivity contribution in [1.29, 1.82) is 0 Å². The number of aromatic nitrogens is 1. The highest BCUT2D eigenvalue weighted by Crippen LogP contribution is 2.24. The summed E-state index contributed by atoms with van der Waals surface area (Å²) in [6.07, 6.45) is 0.650. The van der Waals surface area contributed by atoms with Gasteiger partial charge < -0.3 is 10.6 Å². The number of halogens is 1. The number of carbonyl (C=O) groups is 1. The van der Waals surface area contributed by atoms with Crippen molar-refractivity contribution in [2.75, 3.05) is 18.0 Å². The predicted molar refractivity (Wildman–Crippen MR) is 57.0 cm³/mol. The lowest BCUT2D eigenvalue weighted by molar-refractivity contribution is 0.0996. The van der Waals surface area contributed by atoms with Crippen molar-refractivity contribution in [1.82, 2.24) is 4.98 Å². The maximum absolute atomic E-state index is 13.1. The summed E-state index contributed by atoms with van der Waals surface area (Å²) in [6.45, 7) is 1.16. The number of thiazole rings is 1. The Morgan fingerprint density at radius 3 is 3.13 bits per heavy atom. The highest BCUT2D eigenvalue weighted by Gasteiger charge is 2.21. The summed E-state index contributed by atoms with van der Waals surface area (Å²) < 4.78 is 13.1. The number of primary amides is 1. The van der Waals surface area contributed by atoms with Crippen LogP contribution in [-0.4, -0.2) is 30.2 Å². The summed E-state index contributed by atoms with van der Waals surface area (Å²) >= 11 is 1.33. The van der Waals surface area contributed by atoms with Crippen molar-refractivity contribution >= 4 is 22.4 Å². The maximum Gasteiger partial charge on any atom is 0.268 e. The van der Waals surface area contributed by atoms with Crippen LogP contribution >= 0.6 is 11.3 Å². The number of alkyl halides is 1. The average molecular weight is 229 g/mol. The Morgan fingerprint density at radius 2 is 2.53 bits per heavy atom. The van der Waals surface area contributed by atoms with Crippen molar-refractivity contribution in [2.45, 2.75) is 19.0 Å². The molecule has 1 aliphatic rings. The third-order valence-corrected chi connectivity index (χ3v) is 3.28. The van der Waals surface area contributed by atoms with Crippen LogP contribution in [0.2, 0.25) is 0 Å². The highest BCUT2D eigenvalue weighted by molar-refractivity contribution is 7.13.